The predicted molar refractivity (Wildman–Crippen MR) is 110 cm³/mol. The zero-order valence-electron chi connectivity index (χ0n) is 15.3. The molecule has 0 unspecified atom stereocenters. The van der Waals surface area contributed by atoms with Crippen molar-refractivity contribution < 1.29 is 4.74 Å². The minimum Gasteiger partial charge on any atom is -0.373 e. The van der Waals surface area contributed by atoms with Gasteiger partial charge in [0.05, 0.1) is 12.6 Å². The first-order valence-electron chi connectivity index (χ1n) is 9.45. The van der Waals surface area contributed by atoms with E-state index < -0.39 is 0 Å². The fourth-order valence-electron chi connectivity index (χ4n) is 3.46. The second-order valence-electron chi connectivity index (χ2n) is 6.75. The minimum atomic E-state index is 0.0707. The molecule has 1 aliphatic heterocycles. The topological polar surface area (TPSA) is 33.6 Å². The third-order valence-electron chi connectivity index (χ3n) is 4.85. The maximum Gasteiger partial charge on any atom is 0.124 e. The predicted octanol–water partition coefficient (Wildman–Crippen LogP) is 4.73. The minimum absolute atomic E-state index is 0.0707. The number of nitrogens with one attached hydrogen (secondary N) is 1. The van der Waals surface area contributed by atoms with Gasteiger partial charge in [-0.1, -0.05) is 91.0 Å². The van der Waals surface area contributed by atoms with E-state index in [1.165, 1.54) is 16.7 Å². The first kappa shape index (κ1) is 17.5. The van der Waals surface area contributed by atoms with Gasteiger partial charge in [0, 0.05) is 0 Å². The lowest BCUT2D eigenvalue weighted by atomic mass is 9.95. The normalized spacial score (nSPS) is 18.7. The van der Waals surface area contributed by atoms with E-state index in [0.717, 1.165) is 12.3 Å². The van der Waals surface area contributed by atoms with Crippen LogP contribution in [0.25, 0.3) is 0 Å². The lowest BCUT2D eigenvalue weighted by Crippen LogP contribution is -2.27. The first-order chi connectivity index (χ1) is 13.4. The Morgan fingerprint density at radius 1 is 0.741 bits per heavy atom. The van der Waals surface area contributed by atoms with Crippen LogP contribution in [0.1, 0.15) is 28.8 Å². The van der Waals surface area contributed by atoms with Gasteiger partial charge >= 0.3 is 0 Å². The van der Waals surface area contributed by atoms with Crippen molar-refractivity contribution in [3.8, 4) is 0 Å². The van der Waals surface area contributed by atoms with Crippen LogP contribution >= 0.6 is 0 Å². The standard InChI is InChI=1S/C24H24N2O/c1-4-10-19(11-5-1)16-17-27-18-22-25-23(20-12-6-2-7-13-20)24(26-22)21-14-8-3-9-15-21/h1-15,23-24H,16-18H2,(H,25,26)/t23-,24+. The zero-order valence-corrected chi connectivity index (χ0v) is 15.3. The molecule has 0 saturated carbocycles. The molecule has 3 nitrogen and oxygen atoms in total. The van der Waals surface area contributed by atoms with E-state index in [1.807, 2.05) is 18.2 Å². The van der Waals surface area contributed by atoms with Gasteiger partial charge < -0.3 is 10.1 Å². The second kappa shape index (κ2) is 8.65. The summed E-state index contributed by atoms with van der Waals surface area (Å²) >= 11 is 0. The second-order valence-corrected chi connectivity index (χ2v) is 6.75. The highest BCUT2D eigenvalue weighted by atomic mass is 16.5. The smallest absolute Gasteiger partial charge is 0.124 e. The highest BCUT2D eigenvalue weighted by Crippen LogP contribution is 2.35. The van der Waals surface area contributed by atoms with Gasteiger partial charge in [-0.2, -0.15) is 0 Å². The summed E-state index contributed by atoms with van der Waals surface area (Å²) in [5.74, 6) is 0.922. The third-order valence-corrected chi connectivity index (χ3v) is 4.85. The average Bonchev–Trinajstić information content (AvgIpc) is 3.18. The van der Waals surface area contributed by atoms with Gasteiger partial charge in [0.1, 0.15) is 18.5 Å². The van der Waals surface area contributed by atoms with Crippen LogP contribution in [-0.2, 0) is 11.2 Å². The van der Waals surface area contributed by atoms with Crippen molar-refractivity contribution >= 4 is 5.84 Å². The molecule has 136 valence electrons. The number of aliphatic imine (C=N–C) groups is 1. The van der Waals surface area contributed by atoms with E-state index in [9.17, 15) is 0 Å². The number of amidine groups is 1. The Hall–Kier alpha value is -2.91. The largest absolute Gasteiger partial charge is 0.373 e. The van der Waals surface area contributed by atoms with Crippen molar-refractivity contribution in [2.24, 2.45) is 4.99 Å². The fourth-order valence-corrected chi connectivity index (χ4v) is 3.46. The molecule has 27 heavy (non-hydrogen) atoms. The van der Waals surface area contributed by atoms with Gasteiger partial charge in [0.15, 0.2) is 0 Å². The van der Waals surface area contributed by atoms with Crippen LogP contribution in [-0.4, -0.2) is 19.0 Å². The van der Waals surface area contributed by atoms with Gasteiger partial charge in [-0.15, -0.1) is 0 Å². The Bertz CT molecular complexity index is 863. The molecule has 0 aliphatic carbocycles. The Morgan fingerprint density at radius 2 is 1.33 bits per heavy atom. The van der Waals surface area contributed by atoms with Gasteiger partial charge in [0.2, 0.25) is 0 Å². The van der Waals surface area contributed by atoms with Crippen LogP contribution in [0.15, 0.2) is 96.0 Å². The van der Waals surface area contributed by atoms with Crippen LogP contribution in [0.3, 0.4) is 0 Å². The lowest BCUT2D eigenvalue weighted by Gasteiger charge is -2.19. The summed E-state index contributed by atoms with van der Waals surface area (Å²) in [5, 5.41) is 3.58. The van der Waals surface area contributed by atoms with Gasteiger partial charge in [-0.25, -0.2) is 0 Å². The average molecular weight is 356 g/mol. The molecular formula is C24H24N2O. The fraction of sp³-hybridized carbons (Fsp3) is 0.208. The molecule has 0 fully saturated rings. The van der Waals surface area contributed by atoms with Crippen LogP contribution in [0.4, 0.5) is 0 Å². The maximum absolute atomic E-state index is 5.90. The zero-order chi connectivity index (χ0) is 18.3. The number of hydrogen-bond acceptors (Lipinski definition) is 3. The molecule has 0 bridgehead atoms. The van der Waals surface area contributed by atoms with E-state index in [2.05, 4.69) is 78.1 Å². The summed E-state index contributed by atoms with van der Waals surface area (Å²) in [6.45, 7) is 1.20. The van der Waals surface area contributed by atoms with Crippen molar-refractivity contribution in [3.05, 3.63) is 108 Å². The summed E-state index contributed by atoms with van der Waals surface area (Å²) in [4.78, 5) is 4.94. The molecule has 0 radical (unpaired) electrons. The molecule has 0 spiro atoms. The summed E-state index contributed by atoms with van der Waals surface area (Å²) in [7, 11) is 0. The molecule has 1 aliphatic rings. The van der Waals surface area contributed by atoms with Gasteiger partial charge in [0.25, 0.3) is 0 Å². The number of hydrogen-bond donors (Lipinski definition) is 1. The number of nitrogens with zero attached hydrogens (tertiary/aromatic N) is 1. The molecule has 0 saturated heterocycles. The molecule has 3 heteroatoms. The molecule has 4 rings (SSSR count). The monoisotopic (exact) mass is 356 g/mol. The third kappa shape index (κ3) is 4.44. The summed E-state index contributed by atoms with van der Waals surface area (Å²) < 4.78 is 5.90. The van der Waals surface area contributed by atoms with Crippen molar-refractivity contribution in [2.75, 3.05) is 13.2 Å². The molecule has 0 amide bonds. The van der Waals surface area contributed by atoms with E-state index in [-0.39, 0.29) is 12.1 Å². The summed E-state index contributed by atoms with van der Waals surface area (Å²) in [6, 6.07) is 31.6. The van der Waals surface area contributed by atoms with Crippen molar-refractivity contribution in [3.63, 3.8) is 0 Å². The van der Waals surface area contributed by atoms with E-state index in [4.69, 9.17) is 9.73 Å². The highest BCUT2D eigenvalue weighted by Gasteiger charge is 2.30. The molecule has 1 heterocycles. The van der Waals surface area contributed by atoms with Crippen molar-refractivity contribution in [1.82, 2.24) is 5.32 Å². The van der Waals surface area contributed by atoms with Crippen molar-refractivity contribution in [1.29, 1.82) is 0 Å². The maximum atomic E-state index is 5.90. The van der Waals surface area contributed by atoms with E-state index in [1.54, 1.807) is 0 Å². The van der Waals surface area contributed by atoms with Crippen LogP contribution < -0.4 is 5.32 Å². The van der Waals surface area contributed by atoms with Gasteiger partial charge in [-0.3, -0.25) is 4.99 Å². The molecular weight excluding hydrogens is 332 g/mol. The van der Waals surface area contributed by atoms with Crippen LogP contribution in [0.5, 0.6) is 0 Å². The molecule has 3 aromatic carbocycles. The first-order valence-corrected chi connectivity index (χ1v) is 9.45. The number of benzene rings is 3. The number of ether oxygens (including phenoxy) is 1. The summed E-state index contributed by atoms with van der Waals surface area (Å²) in [5.41, 5.74) is 3.76. The summed E-state index contributed by atoms with van der Waals surface area (Å²) in [6.07, 6.45) is 0.915. The SMILES string of the molecule is c1ccc(CCOCC2=N[C@@H](c3ccccc3)[C@@H](c3ccccc3)N2)cc1. The van der Waals surface area contributed by atoms with E-state index in [0.29, 0.717) is 13.2 Å². The van der Waals surface area contributed by atoms with Crippen molar-refractivity contribution in [2.45, 2.75) is 18.5 Å². The lowest BCUT2D eigenvalue weighted by molar-refractivity contribution is 0.173. The Labute approximate surface area is 160 Å². The van der Waals surface area contributed by atoms with E-state index >= 15 is 0 Å². The quantitative estimate of drug-likeness (QED) is 0.621. The molecule has 2 atom stereocenters. The Kier molecular flexibility index (Phi) is 5.61. The Balaban J connectivity index is 1.42. The number of rotatable bonds is 7. The van der Waals surface area contributed by atoms with Gasteiger partial charge in [-0.05, 0) is 23.1 Å². The highest BCUT2D eigenvalue weighted by molar-refractivity contribution is 5.86. The molecule has 1 N–H and O–H groups in total. The molecule has 3 aromatic rings. The van der Waals surface area contributed by atoms with Crippen LogP contribution in [0.2, 0.25) is 0 Å². The Morgan fingerprint density at radius 3 is 2.00 bits per heavy atom. The van der Waals surface area contributed by atoms with Crippen LogP contribution in [0, 0.1) is 0 Å². The molecule has 0 aromatic heterocycles.